The van der Waals surface area contributed by atoms with Crippen LogP contribution in [0.5, 0.6) is 5.75 Å². The third-order valence-corrected chi connectivity index (χ3v) is 9.92. The number of ether oxygens (including phenoxy) is 2. The van der Waals surface area contributed by atoms with Gasteiger partial charge in [0.1, 0.15) is 17.4 Å². The molecule has 2 fully saturated rings. The molecule has 0 bridgehead atoms. The van der Waals surface area contributed by atoms with E-state index in [4.69, 9.17) is 9.47 Å². The number of amides is 3. The summed E-state index contributed by atoms with van der Waals surface area (Å²) in [6.07, 6.45) is 9.91. The molecule has 0 radical (unpaired) electrons. The van der Waals surface area contributed by atoms with Crippen molar-refractivity contribution in [2.75, 3.05) is 31.2 Å². The SMILES string of the molecule is CCCC(C)N1CC=C[C@]23O[C@]4(CC)C=CCN(c5ccc(OCC)cc5)C(=O)[C@@H]4[C@H]2C(=O)N([C@@H](CO)C(C)C)C3C1=O. The highest BCUT2D eigenvalue weighted by Gasteiger charge is 2.76. The van der Waals surface area contributed by atoms with E-state index in [1.54, 1.807) is 9.80 Å². The maximum atomic E-state index is 14.8. The van der Waals surface area contributed by atoms with Crippen LogP contribution in [0.25, 0.3) is 0 Å². The van der Waals surface area contributed by atoms with Gasteiger partial charge in [0.05, 0.1) is 36.7 Å². The van der Waals surface area contributed by atoms with Gasteiger partial charge in [0, 0.05) is 24.8 Å². The molecule has 9 heteroatoms. The fourth-order valence-electron chi connectivity index (χ4n) is 7.79. The van der Waals surface area contributed by atoms with Crippen LogP contribution in [-0.4, -0.2) is 88.3 Å². The molecule has 1 N–H and O–H groups in total. The van der Waals surface area contributed by atoms with Crippen LogP contribution in [0.1, 0.15) is 60.8 Å². The highest BCUT2D eigenvalue weighted by atomic mass is 16.5. The molecule has 4 aliphatic heterocycles. The summed E-state index contributed by atoms with van der Waals surface area (Å²) in [5.41, 5.74) is -1.71. The number of aliphatic hydroxyl groups excluding tert-OH is 1. The summed E-state index contributed by atoms with van der Waals surface area (Å²) in [6, 6.07) is 5.77. The topological polar surface area (TPSA) is 99.6 Å². The van der Waals surface area contributed by atoms with E-state index in [2.05, 4.69) is 6.92 Å². The van der Waals surface area contributed by atoms with Crippen molar-refractivity contribution < 1.29 is 29.0 Å². The molecule has 1 spiro atoms. The van der Waals surface area contributed by atoms with Crippen LogP contribution >= 0.6 is 0 Å². The van der Waals surface area contributed by atoms with Crippen molar-refractivity contribution in [3.63, 3.8) is 0 Å². The fourth-order valence-corrected chi connectivity index (χ4v) is 7.79. The normalized spacial score (nSPS) is 31.6. The van der Waals surface area contributed by atoms with Gasteiger partial charge in [-0.05, 0) is 56.9 Å². The average molecular weight is 594 g/mol. The summed E-state index contributed by atoms with van der Waals surface area (Å²) >= 11 is 0. The fraction of sp³-hybridized carbons (Fsp3) is 0.618. The first-order valence-electron chi connectivity index (χ1n) is 15.9. The van der Waals surface area contributed by atoms with Gasteiger partial charge in [-0.3, -0.25) is 14.4 Å². The Bertz CT molecular complexity index is 1280. The number of likely N-dealkylation sites (tertiary alicyclic amines) is 1. The zero-order valence-corrected chi connectivity index (χ0v) is 26.4. The molecule has 43 heavy (non-hydrogen) atoms. The Hall–Kier alpha value is -3.17. The van der Waals surface area contributed by atoms with E-state index in [0.717, 1.165) is 12.8 Å². The van der Waals surface area contributed by atoms with Crippen LogP contribution in [0, 0.1) is 17.8 Å². The Balaban J connectivity index is 1.65. The number of fused-ring (bicyclic) bond motifs is 2. The largest absolute Gasteiger partial charge is 0.494 e. The van der Waals surface area contributed by atoms with Crippen molar-refractivity contribution >= 4 is 23.4 Å². The zero-order chi connectivity index (χ0) is 31.1. The van der Waals surface area contributed by atoms with Gasteiger partial charge in [-0.25, -0.2) is 0 Å². The molecule has 234 valence electrons. The Labute approximate surface area is 255 Å². The summed E-state index contributed by atoms with van der Waals surface area (Å²) in [5, 5.41) is 10.5. The van der Waals surface area contributed by atoms with E-state index < -0.39 is 35.1 Å². The van der Waals surface area contributed by atoms with E-state index in [-0.39, 0.29) is 36.3 Å². The lowest BCUT2D eigenvalue weighted by molar-refractivity contribution is -0.157. The lowest BCUT2D eigenvalue weighted by atomic mass is 9.73. The molecule has 7 atom stereocenters. The molecule has 1 aromatic rings. The van der Waals surface area contributed by atoms with E-state index >= 15 is 0 Å². The number of aliphatic hydroxyl groups is 1. The number of rotatable bonds is 10. The molecule has 2 unspecified atom stereocenters. The van der Waals surface area contributed by atoms with Gasteiger partial charge in [-0.1, -0.05) is 58.4 Å². The molecule has 1 aromatic carbocycles. The van der Waals surface area contributed by atoms with Crippen molar-refractivity contribution in [3.8, 4) is 5.75 Å². The predicted octanol–water partition coefficient (Wildman–Crippen LogP) is 3.95. The second kappa shape index (κ2) is 12.1. The van der Waals surface area contributed by atoms with Crippen molar-refractivity contribution in [3.05, 3.63) is 48.6 Å². The third-order valence-electron chi connectivity index (χ3n) is 9.92. The molecule has 0 aromatic heterocycles. The number of hydrogen-bond acceptors (Lipinski definition) is 6. The molecule has 0 aliphatic carbocycles. The number of benzene rings is 1. The van der Waals surface area contributed by atoms with Crippen LogP contribution in [0.2, 0.25) is 0 Å². The van der Waals surface area contributed by atoms with Crippen LogP contribution in [-0.2, 0) is 19.1 Å². The number of nitrogens with zero attached hydrogens (tertiary/aromatic N) is 3. The quantitative estimate of drug-likeness (QED) is 0.413. The second-order valence-electron chi connectivity index (χ2n) is 12.7. The smallest absolute Gasteiger partial charge is 0.249 e. The number of carbonyl (C=O) groups excluding carboxylic acids is 3. The summed E-state index contributed by atoms with van der Waals surface area (Å²) in [7, 11) is 0. The standard InChI is InChI=1S/C34H47N3O6/c1-7-12-23(6)35-19-11-18-34-28(31(40)37(29(34)32(35)41)26(21-38)22(4)5)27-30(39)36(20-10-17-33(27,8-2)43-34)24-13-15-25(16-14-24)42-9-3/h10-11,13-18,22-23,26-29,38H,7-9,12,19-21H2,1-6H3/t23?,26-,27-,28-,29?,33+,34-/m0/s1. The third kappa shape index (κ3) is 4.89. The van der Waals surface area contributed by atoms with Crippen molar-refractivity contribution in [2.24, 2.45) is 17.8 Å². The van der Waals surface area contributed by atoms with Gasteiger partial charge in [-0.15, -0.1) is 0 Å². The van der Waals surface area contributed by atoms with E-state index in [1.165, 1.54) is 0 Å². The Morgan fingerprint density at radius 2 is 1.65 bits per heavy atom. The van der Waals surface area contributed by atoms with Crippen molar-refractivity contribution in [2.45, 2.75) is 90.1 Å². The summed E-state index contributed by atoms with van der Waals surface area (Å²) in [6.45, 7) is 12.9. The molecule has 2 saturated heterocycles. The van der Waals surface area contributed by atoms with Gasteiger partial charge in [0.15, 0.2) is 0 Å². The predicted molar refractivity (Wildman–Crippen MR) is 164 cm³/mol. The Morgan fingerprint density at radius 1 is 0.953 bits per heavy atom. The van der Waals surface area contributed by atoms with Crippen LogP contribution in [0.3, 0.4) is 0 Å². The Morgan fingerprint density at radius 3 is 2.26 bits per heavy atom. The first-order chi connectivity index (χ1) is 20.6. The second-order valence-corrected chi connectivity index (χ2v) is 12.7. The zero-order valence-electron chi connectivity index (χ0n) is 26.4. The van der Waals surface area contributed by atoms with Gasteiger partial charge >= 0.3 is 0 Å². The molecular weight excluding hydrogens is 546 g/mol. The highest BCUT2D eigenvalue weighted by Crippen LogP contribution is 2.59. The van der Waals surface area contributed by atoms with E-state index in [0.29, 0.717) is 37.6 Å². The number of hydrogen-bond donors (Lipinski definition) is 1. The Kier molecular flexibility index (Phi) is 8.78. The minimum absolute atomic E-state index is 0.0383. The molecule has 9 nitrogen and oxygen atoms in total. The summed E-state index contributed by atoms with van der Waals surface area (Å²) in [4.78, 5) is 49.2. The van der Waals surface area contributed by atoms with E-state index in [1.807, 2.05) is 88.1 Å². The lowest BCUT2D eigenvalue weighted by Gasteiger charge is -2.42. The molecule has 4 aliphatic rings. The van der Waals surface area contributed by atoms with Gasteiger partial charge in [0.25, 0.3) is 0 Å². The highest BCUT2D eigenvalue weighted by molar-refractivity contribution is 6.04. The summed E-state index contributed by atoms with van der Waals surface area (Å²) < 4.78 is 12.7. The summed E-state index contributed by atoms with van der Waals surface area (Å²) in [5.74, 6) is -1.89. The maximum Gasteiger partial charge on any atom is 0.249 e. The molecule has 4 heterocycles. The first kappa shape index (κ1) is 31.3. The van der Waals surface area contributed by atoms with Crippen LogP contribution in [0.15, 0.2) is 48.6 Å². The van der Waals surface area contributed by atoms with E-state index in [9.17, 15) is 19.5 Å². The minimum atomic E-state index is -1.35. The van der Waals surface area contributed by atoms with Gasteiger partial charge < -0.3 is 29.3 Å². The van der Waals surface area contributed by atoms with Crippen molar-refractivity contribution in [1.82, 2.24) is 9.80 Å². The minimum Gasteiger partial charge on any atom is -0.494 e. The molecule has 3 amide bonds. The van der Waals surface area contributed by atoms with Gasteiger partial charge in [0.2, 0.25) is 17.7 Å². The molecular formula is C34H47N3O6. The van der Waals surface area contributed by atoms with Gasteiger partial charge in [-0.2, -0.15) is 0 Å². The van der Waals surface area contributed by atoms with Crippen molar-refractivity contribution in [1.29, 1.82) is 0 Å². The first-order valence-corrected chi connectivity index (χ1v) is 15.9. The van der Waals surface area contributed by atoms with Crippen LogP contribution < -0.4 is 9.64 Å². The molecule has 0 saturated carbocycles. The average Bonchev–Trinajstić information content (AvgIpc) is 3.27. The monoisotopic (exact) mass is 593 g/mol. The molecule has 5 rings (SSSR count). The number of anilines is 1. The lowest BCUT2D eigenvalue weighted by Crippen LogP contribution is -2.60. The maximum absolute atomic E-state index is 14.8. The van der Waals surface area contributed by atoms with Crippen LogP contribution in [0.4, 0.5) is 5.69 Å². The number of carbonyl (C=O) groups is 3.